The first-order chi connectivity index (χ1) is 9.74. The third-order valence-corrected chi connectivity index (χ3v) is 2.61. The monoisotopic (exact) mass is 266 g/mol. The molecule has 0 bridgehead atoms. The molecule has 20 heavy (non-hydrogen) atoms. The van der Waals surface area contributed by atoms with Crippen molar-refractivity contribution in [1.82, 2.24) is 4.98 Å². The van der Waals surface area contributed by atoms with Gasteiger partial charge in [-0.05, 0) is 29.3 Å². The lowest BCUT2D eigenvalue weighted by molar-refractivity contribution is -0.119. The van der Waals surface area contributed by atoms with Crippen LogP contribution in [0.3, 0.4) is 0 Å². The maximum absolute atomic E-state index is 11.1. The second kappa shape index (κ2) is 6.50. The van der Waals surface area contributed by atoms with Gasteiger partial charge >= 0.3 is 0 Å². The van der Waals surface area contributed by atoms with Crippen LogP contribution in [0.5, 0.6) is 0 Å². The van der Waals surface area contributed by atoms with Crippen molar-refractivity contribution in [1.29, 1.82) is 0 Å². The fraction of sp³-hybridized carbons (Fsp3) is 0.125. The number of terminal acetylenes is 1. The lowest BCUT2D eigenvalue weighted by Gasteiger charge is -2.04. The SMILES string of the molecule is C#Cc1cccnc1NC(=O)COC.c1cc2cc-2c1. The molecular formula is C16H14N2O2. The van der Waals surface area contributed by atoms with Gasteiger partial charge in [0.25, 0.3) is 5.91 Å². The van der Waals surface area contributed by atoms with Crippen molar-refractivity contribution >= 4 is 11.7 Å². The third-order valence-electron chi connectivity index (χ3n) is 2.61. The maximum Gasteiger partial charge on any atom is 0.251 e. The predicted octanol–water partition coefficient (Wildman–Crippen LogP) is 2.31. The van der Waals surface area contributed by atoms with Crippen LogP contribution in [-0.2, 0) is 9.53 Å². The molecule has 1 N–H and O–H groups in total. The van der Waals surface area contributed by atoms with Crippen LogP contribution < -0.4 is 5.32 Å². The highest BCUT2D eigenvalue weighted by molar-refractivity contribution is 5.91. The van der Waals surface area contributed by atoms with Gasteiger partial charge in [-0.15, -0.1) is 6.42 Å². The molecule has 2 aliphatic carbocycles. The standard InChI is InChI=1S/C10H10N2O2.C6H4/c1-3-8-5-4-6-11-10(8)12-9(13)7-14-2;1-2-5-4-6(5)3-1/h1,4-6H,7H2,2H3,(H,11,12,13);1-4H. The second-order valence-corrected chi connectivity index (χ2v) is 4.11. The van der Waals surface area contributed by atoms with Gasteiger partial charge in [-0.1, -0.05) is 24.1 Å². The zero-order valence-electron chi connectivity index (χ0n) is 11.1. The molecule has 2 aliphatic rings. The van der Waals surface area contributed by atoms with E-state index >= 15 is 0 Å². The largest absolute Gasteiger partial charge is 0.375 e. The summed E-state index contributed by atoms with van der Waals surface area (Å²) in [5.41, 5.74) is 3.40. The van der Waals surface area contributed by atoms with Crippen molar-refractivity contribution < 1.29 is 9.53 Å². The van der Waals surface area contributed by atoms with E-state index < -0.39 is 0 Å². The molecule has 3 rings (SSSR count). The third kappa shape index (κ3) is 3.67. The summed E-state index contributed by atoms with van der Waals surface area (Å²) in [6.45, 7) is -0.0133. The Morgan fingerprint density at radius 3 is 2.60 bits per heavy atom. The van der Waals surface area contributed by atoms with Crippen LogP contribution in [0.4, 0.5) is 5.82 Å². The Labute approximate surface area is 117 Å². The molecule has 0 radical (unpaired) electrons. The van der Waals surface area contributed by atoms with Gasteiger partial charge in [-0.3, -0.25) is 4.79 Å². The molecule has 0 saturated carbocycles. The molecule has 0 aromatic carbocycles. The molecule has 0 aliphatic heterocycles. The van der Waals surface area contributed by atoms with Crippen LogP contribution in [0.15, 0.2) is 42.6 Å². The van der Waals surface area contributed by atoms with Crippen molar-refractivity contribution in [2.75, 3.05) is 19.0 Å². The predicted molar refractivity (Wildman–Crippen MR) is 78.1 cm³/mol. The summed E-state index contributed by atoms with van der Waals surface area (Å²) in [7, 11) is 1.44. The molecule has 1 heterocycles. The highest BCUT2D eigenvalue weighted by atomic mass is 16.5. The molecule has 0 saturated heterocycles. The lowest BCUT2D eigenvalue weighted by atomic mass is 10.2. The van der Waals surface area contributed by atoms with Gasteiger partial charge in [0, 0.05) is 13.3 Å². The summed E-state index contributed by atoms with van der Waals surface area (Å²) in [6.07, 6.45) is 6.79. The van der Waals surface area contributed by atoms with Crippen molar-refractivity contribution in [3.05, 3.63) is 48.2 Å². The van der Waals surface area contributed by atoms with E-state index in [1.807, 2.05) is 0 Å². The normalized spacial score (nSPS) is 9.80. The van der Waals surface area contributed by atoms with Gasteiger partial charge in [0.1, 0.15) is 12.4 Å². The van der Waals surface area contributed by atoms with Crippen LogP contribution in [-0.4, -0.2) is 24.6 Å². The highest BCUT2D eigenvalue weighted by Crippen LogP contribution is 2.32. The van der Waals surface area contributed by atoms with Crippen LogP contribution in [0.2, 0.25) is 0 Å². The number of aromatic nitrogens is 1. The fourth-order valence-corrected chi connectivity index (χ4v) is 1.60. The van der Waals surface area contributed by atoms with Crippen LogP contribution in [0, 0.1) is 12.3 Å². The van der Waals surface area contributed by atoms with Crippen LogP contribution in [0.1, 0.15) is 5.56 Å². The number of benzene rings is 1. The van der Waals surface area contributed by atoms with Gasteiger partial charge in [-0.2, -0.15) is 0 Å². The number of carbonyl (C=O) groups is 1. The molecule has 0 unspecified atom stereocenters. The quantitative estimate of drug-likeness (QED) is 0.740. The zero-order chi connectivity index (χ0) is 14.4. The van der Waals surface area contributed by atoms with Gasteiger partial charge in [0.2, 0.25) is 0 Å². The fourth-order valence-electron chi connectivity index (χ4n) is 1.60. The molecule has 4 heteroatoms. The number of pyridine rings is 1. The first-order valence-electron chi connectivity index (χ1n) is 6.05. The molecule has 0 spiro atoms. The van der Waals surface area contributed by atoms with Gasteiger partial charge in [-0.25, -0.2) is 4.98 Å². The number of rotatable bonds is 3. The number of nitrogens with zero attached hydrogens (tertiary/aromatic N) is 1. The lowest BCUT2D eigenvalue weighted by Crippen LogP contribution is -2.18. The summed E-state index contributed by atoms with van der Waals surface area (Å²) in [6, 6.07) is 11.9. The topological polar surface area (TPSA) is 51.2 Å². The number of methoxy groups -OCH3 is 1. The Morgan fingerprint density at radius 1 is 1.35 bits per heavy atom. The average molecular weight is 266 g/mol. The Balaban J connectivity index is 0.000000198. The highest BCUT2D eigenvalue weighted by Gasteiger charge is 2.07. The smallest absolute Gasteiger partial charge is 0.251 e. The van der Waals surface area contributed by atoms with E-state index in [4.69, 9.17) is 6.42 Å². The second-order valence-electron chi connectivity index (χ2n) is 4.11. The minimum absolute atomic E-state index is 0.0133. The number of ether oxygens (including phenoxy) is 1. The molecule has 100 valence electrons. The molecule has 1 aromatic heterocycles. The Bertz CT molecular complexity index is 642. The summed E-state index contributed by atoms with van der Waals surface area (Å²) < 4.78 is 4.66. The van der Waals surface area contributed by atoms with Crippen LogP contribution >= 0.6 is 0 Å². The van der Waals surface area contributed by atoms with E-state index in [0.29, 0.717) is 11.4 Å². The molecular weight excluding hydrogens is 252 g/mol. The van der Waals surface area contributed by atoms with Crippen LogP contribution in [0.25, 0.3) is 11.1 Å². The summed E-state index contributed by atoms with van der Waals surface area (Å²) in [5, 5.41) is 2.54. The van der Waals surface area contributed by atoms with Crippen molar-refractivity contribution in [2.24, 2.45) is 0 Å². The van der Waals surface area contributed by atoms with E-state index in [-0.39, 0.29) is 12.5 Å². The number of hydrogen-bond acceptors (Lipinski definition) is 3. The van der Waals surface area contributed by atoms with Crippen molar-refractivity contribution in [3.8, 4) is 23.5 Å². The van der Waals surface area contributed by atoms with Gasteiger partial charge < -0.3 is 10.1 Å². The first-order valence-corrected chi connectivity index (χ1v) is 6.05. The zero-order valence-corrected chi connectivity index (χ0v) is 11.1. The maximum atomic E-state index is 11.1. The molecule has 4 nitrogen and oxygen atoms in total. The molecule has 0 fully saturated rings. The number of hydrogen-bond donors (Lipinski definition) is 1. The first kappa shape index (κ1) is 13.8. The van der Waals surface area contributed by atoms with E-state index in [1.54, 1.807) is 18.3 Å². The summed E-state index contributed by atoms with van der Waals surface area (Å²) >= 11 is 0. The summed E-state index contributed by atoms with van der Waals surface area (Å²) in [4.78, 5) is 15.1. The van der Waals surface area contributed by atoms with Gasteiger partial charge in [0.15, 0.2) is 0 Å². The van der Waals surface area contributed by atoms with Gasteiger partial charge in [0.05, 0.1) is 5.56 Å². The van der Waals surface area contributed by atoms with E-state index in [2.05, 4.69) is 45.2 Å². The summed E-state index contributed by atoms with van der Waals surface area (Å²) in [5.74, 6) is 2.54. The van der Waals surface area contributed by atoms with E-state index in [1.165, 1.54) is 18.2 Å². The Kier molecular flexibility index (Phi) is 4.48. The van der Waals surface area contributed by atoms with E-state index in [9.17, 15) is 4.79 Å². The van der Waals surface area contributed by atoms with Crippen molar-refractivity contribution in [2.45, 2.75) is 0 Å². The number of fused-ring (bicyclic) bond motifs is 1. The number of nitrogens with one attached hydrogen (secondary N) is 1. The number of anilines is 1. The minimum Gasteiger partial charge on any atom is -0.375 e. The minimum atomic E-state index is -0.275. The number of carbonyl (C=O) groups excluding carboxylic acids is 1. The number of amides is 1. The average Bonchev–Trinajstić information content (AvgIpc) is 3.06. The molecule has 0 atom stereocenters. The van der Waals surface area contributed by atoms with E-state index in [0.717, 1.165) is 0 Å². The molecule has 1 amide bonds. The Morgan fingerprint density at radius 2 is 2.10 bits per heavy atom. The van der Waals surface area contributed by atoms with Crippen molar-refractivity contribution in [3.63, 3.8) is 0 Å². The molecule has 1 aromatic rings. The Hall–Kier alpha value is -2.64.